The van der Waals surface area contributed by atoms with E-state index in [2.05, 4.69) is 25.8 Å². The third kappa shape index (κ3) is 4.16. The summed E-state index contributed by atoms with van der Waals surface area (Å²) >= 11 is 0. The Bertz CT molecular complexity index is 561. The Morgan fingerprint density at radius 1 is 1.24 bits per heavy atom. The molecule has 1 N–H and O–H groups in total. The first-order chi connectivity index (χ1) is 9.81. The van der Waals surface area contributed by atoms with E-state index >= 15 is 0 Å². The van der Waals surface area contributed by atoms with Gasteiger partial charge >= 0.3 is 11.7 Å². The van der Waals surface area contributed by atoms with Crippen LogP contribution in [0.5, 0.6) is 0 Å². The summed E-state index contributed by atoms with van der Waals surface area (Å²) in [5.74, 6) is -0.0985. The van der Waals surface area contributed by atoms with Crippen LogP contribution in [0.1, 0.15) is 51.6 Å². The lowest BCUT2D eigenvalue weighted by atomic mass is 9.97. The Balaban J connectivity index is 3.42. The predicted octanol–water partition coefficient (Wildman–Crippen LogP) is 2.29. The quantitative estimate of drug-likeness (QED) is 0.837. The van der Waals surface area contributed by atoms with E-state index in [9.17, 15) is 9.59 Å². The van der Waals surface area contributed by atoms with E-state index in [4.69, 9.17) is 5.11 Å². The van der Waals surface area contributed by atoms with Crippen LogP contribution in [-0.4, -0.2) is 20.6 Å². The molecule has 0 aliphatic heterocycles. The molecule has 5 heteroatoms. The number of carboxylic acid groups (broad SMARTS) is 1. The van der Waals surface area contributed by atoms with Crippen LogP contribution >= 0.6 is 0 Å². The van der Waals surface area contributed by atoms with E-state index < -0.39 is 5.97 Å². The molecule has 0 fully saturated rings. The number of hydrogen-bond acceptors (Lipinski definition) is 3. The fourth-order valence-electron chi connectivity index (χ4n) is 2.43. The van der Waals surface area contributed by atoms with Gasteiger partial charge in [0.2, 0.25) is 0 Å². The van der Waals surface area contributed by atoms with Gasteiger partial charge in [0, 0.05) is 17.8 Å². The first-order valence-corrected chi connectivity index (χ1v) is 7.64. The summed E-state index contributed by atoms with van der Waals surface area (Å²) in [7, 11) is 0. The average Bonchev–Trinajstić information content (AvgIpc) is 2.41. The van der Waals surface area contributed by atoms with Gasteiger partial charge in [-0.05, 0) is 24.7 Å². The number of carbonyl (C=O) groups is 1. The van der Waals surface area contributed by atoms with Crippen molar-refractivity contribution in [2.24, 2.45) is 11.8 Å². The molecule has 21 heavy (non-hydrogen) atoms. The van der Waals surface area contributed by atoms with Crippen LogP contribution in [0.15, 0.2) is 4.79 Å². The summed E-state index contributed by atoms with van der Waals surface area (Å²) < 4.78 is 1.67. The van der Waals surface area contributed by atoms with Crippen molar-refractivity contribution in [3.8, 4) is 0 Å². The van der Waals surface area contributed by atoms with Gasteiger partial charge in [-0.3, -0.25) is 9.36 Å². The zero-order valence-electron chi connectivity index (χ0n) is 13.6. The van der Waals surface area contributed by atoms with Crippen molar-refractivity contribution in [3.63, 3.8) is 0 Å². The van der Waals surface area contributed by atoms with E-state index in [0.717, 1.165) is 5.69 Å². The molecule has 0 aromatic carbocycles. The van der Waals surface area contributed by atoms with Gasteiger partial charge in [-0.15, -0.1) is 0 Å². The second-order valence-electron chi connectivity index (χ2n) is 5.88. The highest BCUT2D eigenvalue weighted by Gasteiger charge is 2.19. The smallest absolute Gasteiger partial charge is 0.348 e. The zero-order chi connectivity index (χ0) is 16.2. The van der Waals surface area contributed by atoms with Gasteiger partial charge in [-0.1, -0.05) is 34.6 Å². The minimum absolute atomic E-state index is 0.0737. The second kappa shape index (κ2) is 7.38. The molecule has 1 rings (SSSR count). The standard InChI is InChI=1S/C16H26N2O3/c1-6-13-12(8-15(19)20)14(7-2)18(16(21)17-13)9-11(5)10(3)4/h10-11H,6-9H2,1-5H3,(H,19,20). The van der Waals surface area contributed by atoms with E-state index in [-0.39, 0.29) is 12.1 Å². The van der Waals surface area contributed by atoms with Crippen LogP contribution in [0.2, 0.25) is 0 Å². The lowest BCUT2D eigenvalue weighted by Crippen LogP contribution is -2.33. The fourth-order valence-corrected chi connectivity index (χ4v) is 2.43. The summed E-state index contributed by atoms with van der Waals surface area (Å²) in [6.07, 6.45) is 1.14. The largest absolute Gasteiger partial charge is 0.481 e. The maximum Gasteiger partial charge on any atom is 0.348 e. The Morgan fingerprint density at radius 2 is 1.86 bits per heavy atom. The van der Waals surface area contributed by atoms with Crippen molar-refractivity contribution in [1.82, 2.24) is 9.55 Å². The van der Waals surface area contributed by atoms with E-state index in [0.29, 0.717) is 42.5 Å². The molecule has 0 aliphatic rings. The number of hydrogen-bond donors (Lipinski definition) is 1. The van der Waals surface area contributed by atoms with Gasteiger partial charge in [-0.25, -0.2) is 4.79 Å². The molecule has 0 radical (unpaired) electrons. The van der Waals surface area contributed by atoms with Gasteiger partial charge in [0.05, 0.1) is 12.1 Å². The molecule has 1 heterocycles. The minimum atomic E-state index is -0.886. The molecule has 1 unspecified atom stereocenters. The zero-order valence-corrected chi connectivity index (χ0v) is 13.6. The molecule has 0 saturated carbocycles. The lowest BCUT2D eigenvalue weighted by Gasteiger charge is -2.22. The maximum absolute atomic E-state index is 12.3. The molecule has 5 nitrogen and oxygen atoms in total. The molecule has 0 aliphatic carbocycles. The molecule has 0 spiro atoms. The second-order valence-corrected chi connectivity index (χ2v) is 5.88. The first kappa shape index (κ1) is 17.4. The Morgan fingerprint density at radius 3 is 2.29 bits per heavy atom. The Kier molecular flexibility index (Phi) is 6.12. The van der Waals surface area contributed by atoms with E-state index in [1.165, 1.54) is 0 Å². The monoisotopic (exact) mass is 294 g/mol. The third-order valence-electron chi connectivity index (χ3n) is 4.09. The van der Waals surface area contributed by atoms with Crippen molar-refractivity contribution >= 4 is 5.97 Å². The van der Waals surface area contributed by atoms with Crippen molar-refractivity contribution in [3.05, 3.63) is 27.4 Å². The Labute approximate surface area is 126 Å². The summed E-state index contributed by atoms with van der Waals surface area (Å²) in [5, 5.41) is 9.12. The van der Waals surface area contributed by atoms with Gasteiger partial charge < -0.3 is 5.11 Å². The van der Waals surface area contributed by atoms with Crippen LogP contribution in [0, 0.1) is 11.8 Å². The summed E-state index contributed by atoms with van der Waals surface area (Å²) in [4.78, 5) is 27.5. The molecular formula is C16H26N2O3. The highest BCUT2D eigenvalue weighted by Crippen LogP contribution is 2.17. The fraction of sp³-hybridized carbons (Fsp3) is 0.688. The van der Waals surface area contributed by atoms with Crippen molar-refractivity contribution < 1.29 is 9.90 Å². The van der Waals surface area contributed by atoms with Crippen LogP contribution < -0.4 is 5.69 Å². The molecule has 1 aromatic rings. The lowest BCUT2D eigenvalue weighted by molar-refractivity contribution is -0.136. The van der Waals surface area contributed by atoms with E-state index in [1.54, 1.807) is 4.57 Å². The number of nitrogens with zero attached hydrogens (tertiary/aromatic N) is 2. The molecule has 1 atom stereocenters. The third-order valence-corrected chi connectivity index (χ3v) is 4.09. The van der Waals surface area contributed by atoms with Gasteiger partial charge in [0.15, 0.2) is 0 Å². The van der Waals surface area contributed by atoms with Gasteiger partial charge in [-0.2, -0.15) is 4.98 Å². The van der Waals surface area contributed by atoms with Crippen LogP contribution in [0.4, 0.5) is 0 Å². The summed E-state index contributed by atoms with van der Waals surface area (Å²) in [5.41, 5.74) is 1.89. The predicted molar refractivity (Wildman–Crippen MR) is 82.6 cm³/mol. The Hall–Kier alpha value is -1.65. The van der Waals surface area contributed by atoms with Crippen LogP contribution in [0.25, 0.3) is 0 Å². The number of aliphatic carboxylic acids is 1. The van der Waals surface area contributed by atoms with Gasteiger partial charge in [0.1, 0.15) is 0 Å². The SMILES string of the molecule is CCc1nc(=O)n(CC(C)C(C)C)c(CC)c1CC(=O)O. The average molecular weight is 294 g/mol. The number of rotatable bonds is 7. The molecule has 1 aromatic heterocycles. The highest BCUT2D eigenvalue weighted by atomic mass is 16.4. The summed E-state index contributed by atoms with van der Waals surface area (Å²) in [6.45, 7) is 10.8. The molecule has 118 valence electrons. The summed E-state index contributed by atoms with van der Waals surface area (Å²) in [6, 6.07) is 0. The number of aryl methyl sites for hydroxylation is 1. The van der Waals surface area contributed by atoms with Crippen molar-refractivity contribution in [2.45, 2.75) is 60.4 Å². The normalized spacial score (nSPS) is 12.7. The maximum atomic E-state index is 12.3. The molecular weight excluding hydrogens is 268 g/mol. The minimum Gasteiger partial charge on any atom is -0.481 e. The van der Waals surface area contributed by atoms with Crippen LogP contribution in [-0.2, 0) is 30.6 Å². The van der Waals surface area contributed by atoms with E-state index in [1.807, 2.05) is 13.8 Å². The highest BCUT2D eigenvalue weighted by molar-refractivity contribution is 5.71. The van der Waals surface area contributed by atoms with Crippen molar-refractivity contribution in [1.29, 1.82) is 0 Å². The van der Waals surface area contributed by atoms with Crippen molar-refractivity contribution in [2.75, 3.05) is 0 Å². The molecule has 0 saturated heterocycles. The topological polar surface area (TPSA) is 72.2 Å². The first-order valence-electron chi connectivity index (χ1n) is 7.64. The number of carboxylic acids is 1. The molecule has 0 amide bonds. The van der Waals surface area contributed by atoms with Gasteiger partial charge in [0.25, 0.3) is 0 Å². The van der Waals surface area contributed by atoms with Crippen LogP contribution in [0.3, 0.4) is 0 Å². The molecule has 0 bridgehead atoms. The number of aromatic nitrogens is 2.